The van der Waals surface area contributed by atoms with Crippen LogP contribution in [0.3, 0.4) is 0 Å². The zero-order chi connectivity index (χ0) is 10.1. The van der Waals surface area contributed by atoms with Gasteiger partial charge in [-0.05, 0) is 33.6 Å². The summed E-state index contributed by atoms with van der Waals surface area (Å²) in [4.78, 5) is 0. The Labute approximate surface area is 82.7 Å². The second-order valence-electron chi connectivity index (χ2n) is 4.29. The summed E-state index contributed by atoms with van der Waals surface area (Å²) >= 11 is 0. The molecule has 4 heteroatoms. The van der Waals surface area contributed by atoms with E-state index in [9.17, 15) is 9.32 Å². The zero-order valence-electron chi connectivity index (χ0n) is 8.62. The number of nitrogens with zero attached hydrogens (tertiary/aromatic N) is 1. The first kappa shape index (κ1) is 11.1. The minimum Gasteiger partial charge on any atom is -0.389 e. The molecule has 1 heterocycles. The van der Waals surface area contributed by atoms with Crippen molar-refractivity contribution in [1.29, 1.82) is 0 Å². The zero-order valence-corrected chi connectivity index (χ0v) is 9.43. The van der Waals surface area contributed by atoms with Gasteiger partial charge in [0.1, 0.15) is 0 Å². The Morgan fingerprint density at radius 3 is 2.62 bits per heavy atom. The fourth-order valence-corrected chi connectivity index (χ4v) is 2.94. The number of β-amino-alcohol motifs (C(OH)–C–C–N with tert-alkyl or cyclic N) is 1. The second-order valence-corrected chi connectivity index (χ2v) is 6.30. The molecule has 0 bridgehead atoms. The number of piperidine rings is 1. The molecule has 0 aromatic rings. The smallest absolute Gasteiger partial charge is 0.0969 e. The van der Waals surface area contributed by atoms with Crippen LogP contribution in [-0.4, -0.2) is 37.6 Å². The highest BCUT2D eigenvalue weighted by atomic mass is 32.2. The molecule has 1 rings (SSSR count). The van der Waals surface area contributed by atoms with E-state index >= 15 is 0 Å². The van der Waals surface area contributed by atoms with Crippen LogP contribution in [0, 0.1) is 0 Å². The van der Waals surface area contributed by atoms with Crippen LogP contribution in [0.4, 0.5) is 0 Å². The van der Waals surface area contributed by atoms with Gasteiger partial charge in [0.25, 0.3) is 0 Å². The van der Waals surface area contributed by atoms with E-state index < -0.39 is 16.6 Å². The molecular formula is C9H19NO2S. The predicted octanol–water partition coefficient (Wildman–Crippen LogP) is 0.905. The lowest BCUT2D eigenvalue weighted by atomic mass is 9.97. The fraction of sp³-hybridized carbons (Fsp3) is 1.00. The van der Waals surface area contributed by atoms with Gasteiger partial charge in [-0.25, -0.2) is 8.51 Å². The molecule has 0 spiro atoms. The molecule has 0 amide bonds. The lowest BCUT2D eigenvalue weighted by molar-refractivity contribution is 0.0107. The highest BCUT2D eigenvalue weighted by Gasteiger charge is 2.31. The number of aliphatic hydroxyl groups is 1. The lowest BCUT2D eigenvalue weighted by Gasteiger charge is -2.36. The first-order valence-electron chi connectivity index (χ1n) is 4.80. The summed E-state index contributed by atoms with van der Waals surface area (Å²) in [6.07, 6.45) is 1.75. The molecule has 0 radical (unpaired) electrons. The minimum atomic E-state index is -0.931. The average Bonchev–Trinajstić information content (AvgIpc) is 2.01. The topological polar surface area (TPSA) is 40.5 Å². The molecule has 1 saturated heterocycles. The van der Waals surface area contributed by atoms with E-state index in [1.807, 2.05) is 25.1 Å². The third kappa shape index (κ3) is 3.04. The molecule has 0 aliphatic carbocycles. The monoisotopic (exact) mass is 205 g/mol. The molecule has 2 unspecified atom stereocenters. The molecule has 0 aromatic carbocycles. The first-order chi connectivity index (χ1) is 5.92. The van der Waals surface area contributed by atoms with Crippen molar-refractivity contribution >= 4 is 11.0 Å². The van der Waals surface area contributed by atoms with Gasteiger partial charge < -0.3 is 5.11 Å². The third-order valence-electron chi connectivity index (χ3n) is 2.30. The normalized spacial score (nSPS) is 33.6. The molecule has 13 heavy (non-hydrogen) atoms. The van der Waals surface area contributed by atoms with Gasteiger partial charge in [0, 0.05) is 18.3 Å². The summed E-state index contributed by atoms with van der Waals surface area (Å²) in [5, 5.41) is 9.95. The fourth-order valence-electron chi connectivity index (χ4n) is 1.63. The van der Waals surface area contributed by atoms with Crippen LogP contribution in [0.5, 0.6) is 0 Å². The minimum absolute atomic E-state index is 0.147. The van der Waals surface area contributed by atoms with Crippen molar-refractivity contribution < 1.29 is 9.32 Å². The van der Waals surface area contributed by atoms with Crippen LogP contribution < -0.4 is 0 Å². The van der Waals surface area contributed by atoms with Crippen LogP contribution in [0.2, 0.25) is 0 Å². The van der Waals surface area contributed by atoms with Gasteiger partial charge in [0.05, 0.1) is 16.6 Å². The van der Waals surface area contributed by atoms with Crippen molar-refractivity contribution in [2.24, 2.45) is 0 Å². The van der Waals surface area contributed by atoms with Gasteiger partial charge in [0.2, 0.25) is 0 Å². The Bertz CT molecular complexity index is 204. The maximum Gasteiger partial charge on any atom is 0.0969 e. The van der Waals surface area contributed by atoms with Crippen molar-refractivity contribution in [3.05, 3.63) is 0 Å². The average molecular weight is 205 g/mol. The van der Waals surface area contributed by atoms with E-state index in [1.54, 1.807) is 0 Å². The van der Waals surface area contributed by atoms with Crippen LogP contribution in [-0.2, 0) is 11.0 Å². The van der Waals surface area contributed by atoms with E-state index in [1.165, 1.54) is 0 Å². The molecular weight excluding hydrogens is 186 g/mol. The molecule has 0 aromatic heterocycles. The van der Waals surface area contributed by atoms with Crippen LogP contribution in [0.15, 0.2) is 0 Å². The maximum absolute atomic E-state index is 11.7. The van der Waals surface area contributed by atoms with Gasteiger partial charge in [-0.15, -0.1) is 0 Å². The third-order valence-corrected chi connectivity index (χ3v) is 3.92. The van der Waals surface area contributed by atoms with E-state index in [0.29, 0.717) is 6.54 Å². The van der Waals surface area contributed by atoms with Gasteiger partial charge in [0.15, 0.2) is 0 Å². The summed E-state index contributed by atoms with van der Waals surface area (Å²) < 4.78 is 13.6. The molecule has 1 aliphatic rings. The van der Waals surface area contributed by atoms with Gasteiger partial charge >= 0.3 is 0 Å². The summed E-state index contributed by atoms with van der Waals surface area (Å²) in [6, 6.07) is 0. The van der Waals surface area contributed by atoms with E-state index in [0.717, 1.165) is 19.4 Å². The maximum atomic E-state index is 11.7. The van der Waals surface area contributed by atoms with Crippen molar-refractivity contribution in [3.63, 3.8) is 0 Å². The Balaban J connectivity index is 2.57. The van der Waals surface area contributed by atoms with E-state index in [4.69, 9.17) is 0 Å². The molecule has 1 fully saturated rings. The standard InChI is InChI=1S/C9H19NO2S/c1-8(2)13(12)10-6-4-5-9(3,11)7-10/h8,11H,4-7H2,1-3H3. The van der Waals surface area contributed by atoms with Crippen molar-refractivity contribution in [1.82, 2.24) is 4.31 Å². The van der Waals surface area contributed by atoms with E-state index in [2.05, 4.69) is 0 Å². The van der Waals surface area contributed by atoms with Crippen LogP contribution >= 0.6 is 0 Å². The molecule has 0 saturated carbocycles. The molecule has 3 nitrogen and oxygen atoms in total. The van der Waals surface area contributed by atoms with E-state index in [-0.39, 0.29) is 5.25 Å². The Hall–Kier alpha value is 0.0700. The van der Waals surface area contributed by atoms with Crippen LogP contribution in [0.25, 0.3) is 0 Å². The highest BCUT2D eigenvalue weighted by Crippen LogP contribution is 2.22. The van der Waals surface area contributed by atoms with Crippen molar-refractivity contribution in [2.45, 2.75) is 44.5 Å². The molecule has 1 aliphatic heterocycles. The SMILES string of the molecule is CC(C)S(=O)N1CCCC(C)(O)C1. The molecule has 2 atom stereocenters. The van der Waals surface area contributed by atoms with Crippen molar-refractivity contribution in [2.75, 3.05) is 13.1 Å². The highest BCUT2D eigenvalue weighted by molar-refractivity contribution is 7.83. The Kier molecular flexibility index (Phi) is 3.49. The van der Waals surface area contributed by atoms with Gasteiger partial charge in [-0.2, -0.15) is 0 Å². The quantitative estimate of drug-likeness (QED) is 0.728. The summed E-state index contributed by atoms with van der Waals surface area (Å²) in [7, 11) is -0.931. The Morgan fingerprint density at radius 1 is 1.54 bits per heavy atom. The Morgan fingerprint density at radius 2 is 2.15 bits per heavy atom. The second kappa shape index (κ2) is 4.07. The summed E-state index contributed by atoms with van der Waals surface area (Å²) in [6.45, 7) is 7.09. The van der Waals surface area contributed by atoms with Gasteiger partial charge in [-0.3, -0.25) is 0 Å². The lowest BCUT2D eigenvalue weighted by Crippen LogP contribution is -2.48. The first-order valence-corrected chi connectivity index (χ1v) is 5.97. The van der Waals surface area contributed by atoms with Crippen molar-refractivity contribution in [3.8, 4) is 0 Å². The number of hydrogen-bond acceptors (Lipinski definition) is 2. The van der Waals surface area contributed by atoms with Crippen LogP contribution in [0.1, 0.15) is 33.6 Å². The summed E-state index contributed by atoms with van der Waals surface area (Å²) in [5.74, 6) is 0. The predicted molar refractivity (Wildman–Crippen MR) is 54.7 cm³/mol. The van der Waals surface area contributed by atoms with Gasteiger partial charge in [-0.1, -0.05) is 0 Å². The number of rotatable bonds is 2. The molecule has 78 valence electrons. The summed E-state index contributed by atoms with van der Waals surface area (Å²) in [5.41, 5.74) is -0.650. The molecule has 1 N–H and O–H groups in total. The number of hydrogen-bond donors (Lipinski definition) is 1. The largest absolute Gasteiger partial charge is 0.389 e.